The summed E-state index contributed by atoms with van der Waals surface area (Å²) in [6.07, 6.45) is 2.31. The quantitative estimate of drug-likeness (QED) is 0.455. The van der Waals surface area contributed by atoms with Gasteiger partial charge < -0.3 is 10.3 Å². The molecule has 2 N–H and O–H groups in total. The van der Waals surface area contributed by atoms with Crippen molar-refractivity contribution in [3.63, 3.8) is 0 Å². The van der Waals surface area contributed by atoms with Crippen molar-refractivity contribution >= 4 is 44.6 Å². The molecule has 26 heavy (non-hydrogen) atoms. The van der Waals surface area contributed by atoms with Crippen LogP contribution < -0.4 is 5.32 Å². The average Bonchev–Trinajstić information content (AvgIpc) is 3.34. The summed E-state index contributed by atoms with van der Waals surface area (Å²) in [5, 5.41) is 8.82. The number of aromatic amines is 1. The van der Waals surface area contributed by atoms with Crippen molar-refractivity contribution in [1.29, 1.82) is 0 Å². The normalized spacial score (nSPS) is 11.1. The minimum atomic E-state index is 0.0260. The first-order chi connectivity index (χ1) is 12.7. The Morgan fingerprint density at radius 3 is 2.92 bits per heavy atom. The molecule has 0 bridgehead atoms. The lowest BCUT2D eigenvalue weighted by Crippen LogP contribution is -2.11. The van der Waals surface area contributed by atoms with Gasteiger partial charge in [0, 0.05) is 38.8 Å². The van der Waals surface area contributed by atoms with Crippen molar-refractivity contribution in [3.05, 3.63) is 57.7 Å². The second-order valence-electron chi connectivity index (χ2n) is 6.19. The van der Waals surface area contributed by atoms with E-state index in [2.05, 4.69) is 45.8 Å². The van der Waals surface area contributed by atoms with Crippen LogP contribution in [0.5, 0.6) is 0 Å². The van der Waals surface area contributed by atoms with Gasteiger partial charge >= 0.3 is 0 Å². The average molecular weight is 382 g/mol. The number of carbonyl (C=O) groups is 1. The number of benzene rings is 1. The molecule has 0 unspecified atom stereocenters. The zero-order valence-electron chi connectivity index (χ0n) is 14.4. The summed E-state index contributed by atoms with van der Waals surface area (Å²) in [4.78, 5) is 21.5. The largest absolute Gasteiger partial charge is 0.358 e. The highest BCUT2D eigenvalue weighted by Gasteiger charge is 2.14. The van der Waals surface area contributed by atoms with E-state index in [0.29, 0.717) is 11.6 Å². The maximum Gasteiger partial charge on any atom is 0.226 e. The number of H-pyrrole nitrogens is 1. The van der Waals surface area contributed by atoms with Crippen LogP contribution in [0.4, 0.5) is 5.13 Å². The van der Waals surface area contributed by atoms with Crippen molar-refractivity contribution < 1.29 is 4.79 Å². The van der Waals surface area contributed by atoms with Crippen LogP contribution in [0.2, 0.25) is 0 Å². The van der Waals surface area contributed by atoms with E-state index in [1.165, 1.54) is 16.2 Å². The van der Waals surface area contributed by atoms with Crippen LogP contribution in [0.25, 0.3) is 22.2 Å². The second-order valence-corrected chi connectivity index (χ2v) is 8.08. The van der Waals surface area contributed by atoms with Gasteiger partial charge in [0.25, 0.3) is 0 Å². The molecule has 0 atom stereocenters. The van der Waals surface area contributed by atoms with E-state index in [4.69, 9.17) is 0 Å². The Morgan fingerprint density at radius 1 is 1.19 bits per heavy atom. The number of nitrogens with zero attached hydrogens (tertiary/aromatic N) is 1. The van der Waals surface area contributed by atoms with Crippen molar-refractivity contribution in [2.75, 3.05) is 5.32 Å². The van der Waals surface area contributed by atoms with Crippen LogP contribution in [0, 0.1) is 6.92 Å². The zero-order valence-corrected chi connectivity index (χ0v) is 16.0. The molecule has 3 aromatic heterocycles. The predicted octanol–water partition coefficient (Wildman–Crippen LogP) is 5.62. The van der Waals surface area contributed by atoms with E-state index < -0.39 is 0 Å². The van der Waals surface area contributed by atoms with Gasteiger partial charge in [-0.15, -0.1) is 22.7 Å². The lowest BCUT2D eigenvalue weighted by Gasteiger charge is -2.01. The van der Waals surface area contributed by atoms with E-state index in [1.807, 2.05) is 23.6 Å². The minimum absolute atomic E-state index is 0.0260. The van der Waals surface area contributed by atoms with Gasteiger partial charge in [-0.25, -0.2) is 4.98 Å². The summed E-state index contributed by atoms with van der Waals surface area (Å²) < 4.78 is 0. The number of amides is 1. The minimum Gasteiger partial charge on any atom is -0.358 e. The third kappa shape index (κ3) is 3.57. The molecular weight excluding hydrogens is 362 g/mol. The third-order valence-corrected chi connectivity index (χ3v) is 6.00. The van der Waals surface area contributed by atoms with Crippen LogP contribution in [-0.2, 0) is 11.2 Å². The molecule has 132 valence electrons. The molecule has 4 aromatic rings. The number of carbonyl (C=O) groups excluding carboxylic acids is 1. The highest BCUT2D eigenvalue weighted by molar-refractivity contribution is 7.14. The topological polar surface area (TPSA) is 57.8 Å². The molecule has 0 aliphatic heterocycles. The Kier molecular flexibility index (Phi) is 4.86. The number of aryl methyl sites for hydroxylation is 2. The summed E-state index contributed by atoms with van der Waals surface area (Å²) in [5.41, 5.74) is 4.20. The number of nitrogens with one attached hydrogen (secondary N) is 2. The Bertz CT molecular complexity index is 1030. The number of hydrogen-bond acceptors (Lipinski definition) is 4. The Hall–Kier alpha value is -2.44. The molecule has 0 spiro atoms. The van der Waals surface area contributed by atoms with E-state index in [-0.39, 0.29) is 5.91 Å². The van der Waals surface area contributed by atoms with Gasteiger partial charge in [0.15, 0.2) is 5.13 Å². The smallest absolute Gasteiger partial charge is 0.226 e. The first-order valence-corrected chi connectivity index (χ1v) is 10.3. The molecule has 0 radical (unpaired) electrons. The highest BCUT2D eigenvalue weighted by atomic mass is 32.1. The van der Waals surface area contributed by atoms with E-state index in [1.54, 1.807) is 11.3 Å². The molecule has 3 heterocycles. The first kappa shape index (κ1) is 17.0. The molecule has 0 aliphatic carbocycles. The summed E-state index contributed by atoms with van der Waals surface area (Å²) in [5.74, 6) is 0.0260. The van der Waals surface area contributed by atoms with Crippen LogP contribution in [0.1, 0.15) is 23.4 Å². The Balaban J connectivity index is 1.42. The number of thiazole rings is 1. The van der Waals surface area contributed by atoms with Crippen molar-refractivity contribution in [2.24, 2.45) is 0 Å². The molecule has 1 amide bonds. The monoisotopic (exact) mass is 381 g/mol. The molecule has 1 aromatic carbocycles. The molecule has 0 saturated heterocycles. The molecule has 0 aliphatic rings. The summed E-state index contributed by atoms with van der Waals surface area (Å²) >= 11 is 3.21. The Labute approximate surface area is 159 Å². The summed E-state index contributed by atoms with van der Waals surface area (Å²) in [7, 11) is 0. The fourth-order valence-corrected chi connectivity index (χ4v) is 4.58. The van der Waals surface area contributed by atoms with Gasteiger partial charge in [-0.1, -0.05) is 24.3 Å². The van der Waals surface area contributed by atoms with Crippen molar-refractivity contribution in [3.8, 4) is 11.3 Å². The van der Waals surface area contributed by atoms with Gasteiger partial charge in [-0.3, -0.25) is 4.79 Å². The molecule has 4 nitrogen and oxygen atoms in total. The van der Waals surface area contributed by atoms with Crippen molar-refractivity contribution in [2.45, 2.75) is 26.2 Å². The van der Waals surface area contributed by atoms with Crippen LogP contribution >= 0.6 is 22.7 Å². The number of para-hydroxylation sites is 1. The van der Waals surface area contributed by atoms with Crippen LogP contribution in [0.3, 0.4) is 0 Å². The molecule has 0 saturated carbocycles. The lowest BCUT2D eigenvalue weighted by atomic mass is 10.1. The number of rotatable bonds is 6. The fourth-order valence-electron chi connectivity index (χ4n) is 3.11. The number of thiophene rings is 1. The summed E-state index contributed by atoms with van der Waals surface area (Å²) in [6.45, 7) is 2.05. The van der Waals surface area contributed by atoms with Crippen LogP contribution in [0.15, 0.2) is 47.2 Å². The van der Waals surface area contributed by atoms with E-state index in [0.717, 1.165) is 40.7 Å². The first-order valence-electron chi connectivity index (χ1n) is 8.56. The fraction of sp³-hybridized carbons (Fsp3) is 0.200. The molecule has 4 rings (SSSR count). The van der Waals surface area contributed by atoms with Crippen molar-refractivity contribution in [1.82, 2.24) is 9.97 Å². The maximum absolute atomic E-state index is 12.2. The Morgan fingerprint density at radius 2 is 2.08 bits per heavy atom. The second kappa shape index (κ2) is 7.43. The van der Waals surface area contributed by atoms with Gasteiger partial charge in [0.1, 0.15) is 0 Å². The zero-order chi connectivity index (χ0) is 17.9. The SMILES string of the molecule is Cc1[nH]c2ccccc2c1-c1csc(NC(=O)CCCc2cccs2)n1. The van der Waals surface area contributed by atoms with Gasteiger partial charge in [0.05, 0.1) is 5.69 Å². The number of hydrogen-bond donors (Lipinski definition) is 2. The van der Waals surface area contributed by atoms with Gasteiger partial charge in [0.2, 0.25) is 5.91 Å². The highest BCUT2D eigenvalue weighted by Crippen LogP contribution is 2.33. The summed E-state index contributed by atoms with van der Waals surface area (Å²) in [6, 6.07) is 12.4. The number of anilines is 1. The van der Waals surface area contributed by atoms with Gasteiger partial charge in [-0.05, 0) is 37.3 Å². The number of aromatic nitrogens is 2. The standard InChI is InChI=1S/C20H19N3OS2/c1-13-19(15-8-2-3-9-16(15)21-13)17-12-26-20(22-17)23-18(24)10-4-6-14-7-5-11-25-14/h2-3,5,7-9,11-12,21H,4,6,10H2,1H3,(H,22,23,24). The number of fused-ring (bicyclic) bond motifs is 1. The third-order valence-electron chi connectivity index (χ3n) is 4.31. The lowest BCUT2D eigenvalue weighted by molar-refractivity contribution is -0.116. The van der Waals surface area contributed by atoms with Gasteiger partial charge in [-0.2, -0.15) is 0 Å². The molecule has 6 heteroatoms. The van der Waals surface area contributed by atoms with Crippen LogP contribution in [-0.4, -0.2) is 15.9 Å². The predicted molar refractivity (Wildman–Crippen MR) is 110 cm³/mol. The molecular formula is C20H19N3OS2. The maximum atomic E-state index is 12.2. The van der Waals surface area contributed by atoms with E-state index >= 15 is 0 Å². The molecule has 0 fully saturated rings. The van der Waals surface area contributed by atoms with E-state index in [9.17, 15) is 4.79 Å².